The van der Waals surface area contributed by atoms with Crippen LogP contribution in [0.4, 0.5) is 0 Å². The Bertz CT molecular complexity index is 2540. The van der Waals surface area contributed by atoms with Gasteiger partial charge >= 0.3 is 0 Å². The maximum absolute atomic E-state index is 6.48. The first-order valence-electron chi connectivity index (χ1n) is 18.4. The van der Waals surface area contributed by atoms with Crippen molar-refractivity contribution >= 4 is 32.7 Å². The van der Waals surface area contributed by atoms with Crippen molar-refractivity contribution in [2.75, 3.05) is 0 Å². The van der Waals surface area contributed by atoms with E-state index in [-0.39, 0.29) is 25.5 Å². The molecule has 4 heterocycles. The van der Waals surface area contributed by atoms with Crippen LogP contribution in [-0.2, 0) is 32.9 Å². The van der Waals surface area contributed by atoms with Crippen LogP contribution in [0, 0.1) is 36.8 Å². The van der Waals surface area contributed by atoms with E-state index < -0.39 is 0 Å². The smallest absolute Gasteiger partial charge is 0.128 e. The van der Waals surface area contributed by atoms with Crippen molar-refractivity contribution in [1.82, 2.24) is 15.0 Å². The first kappa shape index (κ1) is 38.8. The number of furan rings is 1. The summed E-state index contributed by atoms with van der Waals surface area (Å²) in [4.78, 5) is 13.6. The fourth-order valence-corrected chi connectivity index (χ4v) is 6.99. The van der Waals surface area contributed by atoms with Crippen molar-refractivity contribution < 1.29 is 24.5 Å². The predicted octanol–water partition coefficient (Wildman–Crippen LogP) is 13.0. The van der Waals surface area contributed by atoms with Crippen molar-refractivity contribution in [3.05, 3.63) is 150 Å². The van der Waals surface area contributed by atoms with Crippen molar-refractivity contribution in [2.24, 2.45) is 10.8 Å². The van der Waals surface area contributed by atoms with E-state index in [1.165, 1.54) is 27.8 Å². The summed E-state index contributed by atoms with van der Waals surface area (Å²) < 4.78 is 6.48. The zero-order valence-electron chi connectivity index (χ0n) is 32.5. The number of hydrogen-bond acceptors (Lipinski definition) is 4. The minimum atomic E-state index is 0. The standard InChI is InChI=1S/C27H25N2O.C22H22N.Ir/c1-16-15-29-24(13-18(16)14-27(3,4)5)23-8-6-7-20-21-10-9-19-17(2)28-12-11-22(19)25(21)30-26(20)23;1-22(2,3)16-17-9-11-18(12-10-17)20-13-14-23-21(15-20)19-7-5-4-6-8-19;/h6-7,9-13,15H,14H2,1-5H3;4-7,9-15H,16H2,1-3H3;/q2*-1;. The van der Waals surface area contributed by atoms with Crippen LogP contribution in [0.2, 0.25) is 0 Å². The normalized spacial score (nSPS) is 11.7. The summed E-state index contributed by atoms with van der Waals surface area (Å²) in [6, 6.07) is 40.2. The molecule has 0 saturated heterocycles. The molecule has 4 nitrogen and oxygen atoms in total. The van der Waals surface area contributed by atoms with Crippen molar-refractivity contribution in [3.63, 3.8) is 0 Å². The van der Waals surface area contributed by atoms with Gasteiger partial charge in [0, 0.05) is 60.5 Å². The Morgan fingerprint density at radius 1 is 0.593 bits per heavy atom. The SMILES string of the molecule is CC(C)(C)Cc1ccc(-c2ccnc(-c3[c-]cccc3)c2)cc1.Cc1cnc(-c2[c-]ccc3c2oc2c4ccnc(C)c4ccc32)cc1CC(C)(C)C.[Ir]. The number of fused-ring (bicyclic) bond motifs is 5. The number of hydrogen-bond donors (Lipinski definition) is 0. The van der Waals surface area contributed by atoms with Crippen LogP contribution in [0.3, 0.4) is 0 Å². The van der Waals surface area contributed by atoms with Gasteiger partial charge in [0.2, 0.25) is 0 Å². The van der Waals surface area contributed by atoms with E-state index in [1.54, 1.807) is 0 Å². The van der Waals surface area contributed by atoms with E-state index in [2.05, 4.69) is 131 Å². The summed E-state index contributed by atoms with van der Waals surface area (Å²) in [6.07, 6.45) is 7.78. The first-order valence-corrected chi connectivity index (χ1v) is 18.4. The molecule has 8 aromatic rings. The Morgan fingerprint density at radius 2 is 1.30 bits per heavy atom. The van der Waals surface area contributed by atoms with Gasteiger partial charge in [0.15, 0.2) is 0 Å². The molecular formula is C49H47IrN3O-2. The average Bonchev–Trinajstić information content (AvgIpc) is 3.52. The topological polar surface area (TPSA) is 51.8 Å². The maximum Gasteiger partial charge on any atom is 0.128 e. The summed E-state index contributed by atoms with van der Waals surface area (Å²) >= 11 is 0. The molecule has 1 radical (unpaired) electrons. The van der Waals surface area contributed by atoms with Gasteiger partial charge in [-0.15, -0.1) is 54.1 Å². The van der Waals surface area contributed by atoms with Crippen LogP contribution in [0.25, 0.3) is 66.4 Å². The van der Waals surface area contributed by atoms with Gasteiger partial charge in [-0.05, 0) is 83.3 Å². The second kappa shape index (κ2) is 15.8. The molecule has 4 aromatic heterocycles. The van der Waals surface area contributed by atoms with E-state index in [9.17, 15) is 0 Å². The molecule has 0 fully saturated rings. The number of rotatable bonds is 5. The zero-order chi connectivity index (χ0) is 37.3. The fourth-order valence-electron chi connectivity index (χ4n) is 6.99. The molecule has 54 heavy (non-hydrogen) atoms. The molecule has 4 aromatic carbocycles. The van der Waals surface area contributed by atoms with Crippen LogP contribution in [0.1, 0.15) is 63.9 Å². The Labute approximate surface area is 333 Å². The summed E-state index contributed by atoms with van der Waals surface area (Å²) in [7, 11) is 0. The third-order valence-corrected chi connectivity index (χ3v) is 9.50. The number of nitrogens with zero attached hydrogens (tertiary/aromatic N) is 3. The van der Waals surface area contributed by atoms with Gasteiger partial charge in [0.05, 0.1) is 5.58 Å². The summed E-state index contributed by atoms with van der Waals surface area (Å²) in [5.41, 5.74) is 13.4. The van der Waals surface area contributed by atoms with Gasteiger partial charge in [0.25, 0.3) is 0 Å². The molecule has 8 rings (SSSR count). The molecule has 0 N–H and O–H groups in total. The van der Waals surface area contributed by atoms with Crippen LogP contribution >= 0.6 is 0 Å². The molecule has 0 atom stereocenters. The van der Waals surface area contributed by atoms with Crippen molar-refractivity contribution in [3.8, 4) is 33.6 Å². The largest absolute Gasteiger partial charge is 0.500 e. The van der Waals surface area contributed by atoms with Crippen LogP contribution in [0.15, 0.2) is 120 Å². The minimum Gasteiger partial charge on any atom is -0.500 e. The quantitative estimate of drug-likeness (QED) is 0.162. The molecule has 0 amide bonds. The summed E-state index contributed by atoms with van der Waals surface area (Å²) in [6.45, 7) is 17.8. The fraction of sp³-hybridized carbons (Fsp3) is 0.245. The number of aromatic nitrogens is 3. The molecule has 0 bridgehead atoms. The van der Waals surface area contributed by atoms with E-state index in [4.69, 9.17) is 9.40 Å². The molecule has 0 aliphatic heterocycles. The monoisotopic (exact) mass is 886 g/mol. The summed E-state index contributed by atoms with van der Waals surface area (Å²) in [5, 5.41) is 4.41. The third kappa shape index (κ3) is 8.70. The summed E-state index contributed by atoms with van der Waals surface area (Å²) in [5.74, 6) is 0. The Morgan fingerprint density at radius 3 is 2.02 bits per heavy atom. The van der Waals surface area contributed by atoms with Crippen LogP contribution in [0.5, 0.6) is 0 Å². The minimum absolute atomic E-state index is 0. The van der Waals surface area contributed by atoms with Gasteiger partial charge in [-0.2, -0.15) is 0 Å². The van der Waals surface area contributed by atoms with Crippen molar-refractivity contribution in [1.29, 1.82) is 0 Å². The van der Waals surface area contributed by atoms with Crippen LogP contribution < -0.4 is 0 Å². The molecular weight excluding hydrogens is 839 g/mol. The number of benzene rings is 4. The second-order valence-electron chi connectivity index (χ2n) is 16.5. The maximum atomic E-state index is 6.48. The van der Waals surface area contributed by atoms with Crippen LogP contribution in [-0.4, -0.2) is 15.0 Å². The molecule has 0 aliphatic carbocycles. The molecule has 0 aliphatic rings. The van der Waals surface area contributed by atoms with E-state index >= 15 is 0 Å². The molecule has 0 unspecified atom stereocenters. The predicted molar refractivity (Wildman–Crippen MR) is 221 cm³/mol. The Balaban J connectivity index is 0.000000187. The van der Waals surface area contributed by atoms with Gasteiger partial charge in [-0.3, -0.25) is 4.98 Å². The van der Waals surface area contributed by atoms with Gasteiger partial charge in [-0.25, -0.2) is 0 Å². The van der Waals surface area contributed by atoms with Crippen molar-refractivity contribution in [2.45, 2.75) is 68.2 Å². The van der Waals surface area contributed by atoms with E-state index in [0.29, 0.717) is 5.41 Å². The average molecular weight is 886 g/mol. The molecule has 275 valence electrons. The van der Waals surface area contributed by atoms with Gasteiger partial charge in [0.1, 0.15) is 5.58 Å². The Hall–Kier alpha value is -4.96. The molecule has 0 spiro atoms. The van der Waals surface area contributed by atoms with E-state index in [0.717, 1.165) is 73.8 Å². The van der Waals surface area contributed by atoms with Gasteiger partial charge in [-0.1, -0.05) is 107 Å². The number of pyridine rings is 3. The third-order valence-electron chi connectivity index (χ3n) is 9.50. The molecule has 0 saturated carbocycles. The second-order valence-corrected chi connectivity index (χ2v) is 16.5. The zero-order valence-corrected chi connectivity index (χ0v) is 34.9. The Kier molecular flexibility index (Phi) is 11.3. The number of aryl methyl sites for hydroxylation is 2. The van der Waals surface area contributed by atoms with Gasteiger partial charge < -0.3 is 14.4 Å². The van der Waals surface area contributed by atoms with E-state index in [1.807, 2.05) is 61.9 Å². The molecule has 5 heteroatoms. The first-order chi connectivity index (χ1) is 25.3.